The quantitative estimate of drug-likeness (QED) is 0.598. The van der Waals surface area contributed by atoms with E-state index in [2.05, 4.69) is 19.6 Å². The predicted octanol–water partition coefficient (Wildman–Crippen LogP) is 4.15. The number of Topliss-reactive ketones (excluding diaryl/α,β-unsaturated/α-hetero) is 1. The first-order chi connectivity index (χ1) is 7.33. The largest absolute Gasteiger partial charge is 0.544 e. The summed E-state index contributed by atoms with van der Waals surface area (Å²) in [6.07, 6.45) is 0.461. The van der Waals surface area contributed by atoms with Crippen LogP contribution in [0.2, 0.25) is 24.7 Å². The Balaban J connectivity index is 3.13. The highest BCUT2D eigenvalue weighted by atomic mass is 35.5. The highest BCUT2D eigenvalue weighted by molar-refractivity contribution is 6.70. The minimum absolute atomic E-state index is 0.0655. The summed E-state index contributed by atoms with van der Waals surface area (Å²) < 4.78 is 5.87. The molecule has 0 atom stereocenters. The van der Waals surface area contributed by atoms with E-state index in [0.717, 1.165) is 0 Å². The molecule has 0 unspecified atom stereocenters. The molecule has 0 saturated heterocycles. The molecule has 2 nitrogen and oxygen atoms in total. The molecule has 4 heteroatoms. The summed E-state index contributed by atoms with van der Waals surface area (Å²) in [6, 6.07) is 5.22. The smallest absolute Gasteiger partial charge is 0.242 e. The average molecular weight is 257 g/mol. The molecule has 0 aromatic heterocycles. The number of carbonyl (C=O) groups is 1. The van der Waals surface area contributed by atoms with Crippen molar-refractivity contribution in [1.29, 1.82) is 0 Å². The molecule has 0 amide bonds. The number of carbonyl (C=O) groups excluding carboxylic acids is 1. The van der Waals surface area contributed by atoms with Crippen molar-refractivity contribution in [2.75, 3.05) is 0 Å². The zero-order valence-electron chi connectivity index (χ0n) is 10.1. The van der Waals surface area contributed by atoms with E-state index < -0.39 is 8.32 Å². The van der Waals surface area contributed by atoms with Gasteiger partial charge in [0.1, 0.15) is 5.75 Å². The number of benzene rings is 1. The molecule has 0 fully saturated rings. The Morgan fingerprint density at radius 3 is 2.50 bits per heavy atom. The molecular weight excluding hydrogens is 240 g/mol. The lowest BCUT2D eigenvalue weighted by molar-refractivity contribution is 0.0986. The van der Waals surface area contributed by atoms with E-state index in [-0.39, 0.29) is 5.78 Å². The molecule has 1 rings (SSSR count). The van der Waals surface area contributed by atoms with E-state index in [1.807, 2.05) is 6.92 Å². The third-order valence-electron chi connectivity index (χ3n) is 1.98. The molecule has 0 aliphatic heterocycles. The van der Waals surface area contributed by atoms with E-state index in [9.17, 15) is 4.79 Å². The van der Waals surface area contributed by atoms with E-state index in [4.69, 9.17) is 16.0 Å². The van der Waals surface area contributed by atoms with Crippen molar-refractivity contribution in [2.24, 2.45) is 0 Å². The molecule has 0 N–H and O–H groups in total. The van der Waals surface area contributed by atoms with Crippen molar-refractivity contribution in [2.45, 2.75) is 33.0 Å². The minimum Gasteiger partial charge on any atom is -0.544 e. The van der Waals surface area contributed by atoms with Crippen molar-refractivity contribution in [3.63, 3.8) is 0 Å². The van der Waals surface area contributed by atoms with E-state index in [1.54, 1.807) is 18.2 Å². The van der Waals surface area contributed by atoms with Crippen LogP contribution in [0, 0.1) is 0 Å². The summed E-state index contributed by atoms with van der Waals surface area (Å²) in [4.78, 5) is 11.7. The minimum atomic E-state index is -1.70. The van der Waals surface area contributed by atoms with Gasteiger partial charge >= 0.3 is 0 Å². The molecule has 0 heterocycles. The Kier molecular flexibility index (Phi) is 4.16. The van der Waals surface area contributed by atoms with Gasteiger partial charge in [0, 0.05) is 11.4 Å². The van der Waals surface area contributed by atoms with Gasteiger partial charge in [-0.25, -0.2) is 0 Å². The van der Waals surface area contributed by atoms with Crippen molar-refractivity contribution in [1.82, 2.24) is 0 Å². The number of hydrogen-bond acceptors (Lipinski definition) is 2. The maximum absolute atomic E-state index is 11.7. The van der Waals surface area contributed by atoms with Crippen LogP contribution in [0.15, 0.2) is 18.2 Å². The van der Waals surface area contributed by atoms with Crippen molar-refractivity contribution < 1.29 is 9.22 Å². The lowest BCUT2D eigenvalue weighted by Crippen LogP contribution is -2.30. The van der Waals surface area contributed by atoms with Gasteiger partial charge in [-0.1, -0.05) is 18.5 Å². The van der Waals surface area contributed by atoms with Crippen LogP contribution >= 0.6 is 11.6 Å². The monoisotopic (exact) mass is 256 g/mol. The Labute approximate surface area is 103 Å². The number of ketones is 1. The zero-order valence-corrected chi connectivity index (χ0v) is 11.9. The number of rotatable bonds is 4. The second-order valence-corrected chi connectivity index (χ2v) is 9.50. The molecule has 88 valence electrons. The summed E-state index contributed by atoms with van der Waals surface area (Å²) in [5.74, 6) is 0.728. The normalized spacial score (nSPS) is 11.3. The maximum Gasteiger partial charge on any atom is 0.242 e. The summed E-state index contributed by atoms with van der Waals surface area (Å²) in [5.41, 5.74) is 0.595. The van der Waals surface area contributed by atoms with Crippen LogP contribution < -0.4 is 4.43 Å². The third-order valence-corrected chi connectivity index (χ3v) is 3.05. The van der Waals surface area contributed by atoms with Crippen LogP contribution in [0.1, 0.15) is 23.7 Å². The van der Waals surface area contributed by atoms with Crippen LogP contribution in [0.5, 0.6) is 5.75 Å². The van der Waals surface area contributed by atoms with Gasteiger partial charge in [0.05, 0.1) is 5.56 Å². The summed E-state index contributed by atoms with van der Waals surface area (Å²) in [7, 11) is -1.70. The van der Waals surface area contributed by atoms with E-state index in [0.29, 0.717) is 22.8 Å². The molecule has 0 bridgehead atoms. The van der Waals surface area contributed by atoms with Gasteiger partial charge in [0.15, 0.2) is 5.78 Å². The molecule has 0 radical (unpaired) electrons. The van der Waals surface area contributed by atoms with Crippen LogP contribution in [0.3, 0.4) is 0 Å². The highest BCUT2D eigenvalue weighted by Crippen LogP contribution is 2.26. The van der Waals surface area contributed by atoms with Crippen LogP contribution in [0.4, 0.5) is 0 Å². The first-order valence-electron chi connectivity index (χ1n) is 5.35. The highest BCUT2D eigenvalue weighted by Gasteiger charge is 2.20. The standard InChI is InChI=1S/C12H17ClO2Si/c1-5-11(14)10-8-9(13)6-7-12(10)15-16(2,3)4/h6-8H,5H2,1-4H3. The second-order valence-electron chi connectivity index (χ2n) is 4.63. The van der Waals surface area contributed by atoms with Gasteiger partial charge in [0.25, 0.3) is 0 Å². The average Bonchev–Trinajstić information content (AvgIpc) is 2.17. The molecule has 0 spiro atoms. The lowest BCUT2D eigenvalue weighted by Gasteiger charge is -2.21. The van der Waals surface area contributed by atoms with Gasteiger partial charge in [-0.15, -0.1) is 0 Å². The Bertz CT molecular complexity index is 396. The summed E-state index contributed by atoms with van der Waals surface area (Å²) in [5, 5.41) is 0.569. The van der Waals surface area contributed by atoms with E-state index in [1.165, 1.54) is 0 Å². The van der Waals surface area contributed by atoms with Crippen LogP contribution in [-0.2, 0) is 0 Å². The van der Waals surface area contributed by atoms with Gasteiger partial charge in [-0.3, -0.25) is 4.79 Å². The van der Waals surface area contributed by atoms with Gasteiger partial charge in [-0.2, -0.15) is 0 Å². The van der Waals surface area contributed by atoms with Crippen LogP contribution in [0.25, 0.3) is 0 Å². The SMILES string of the molecule is CCC(=O)c1cc(Cl)ccc1O[Si](C)(C)C. The fourth-order valence-electron chi connectivity index (χ4n) is 1.33. The Morgan fingerprint density at radius 2 is 2.00 bits per heavy atom. The molecule has 0 aliphatic rings. The predicted molar refractivity (Wildman–Crippen MR) is 70.0 cm³/mol. The second kappa shape index (κ2) is 5.02. The Morgan fingerprint density at radius 1 is 1.38 bits per heavy atom. The molecule has 0 saturated carbocycles. The van der Waals surface area contributed by atoms with Crippen LogP contribution in [-0.4, -0.2) is 14.1 Å². The molecule has 1 aromatic carbocycles. The molecule has 0 aliphatic carbocycles. The molecular formula is C12H17ClO2Si. The third kappa shape index (κ3) is 3.65. The van der Waals surface area contributed by atoms with E-state index >= 15 is 0 Å². The summed E-state index contributed by atoms with van der Waals surface area (Å²) >= 11 is 5.89. The van der Waals surface area contributed by atoms with Crippen molar-refractivity contribution in [3.05, 3.63) is 28.8 Å². The van der Waals surface area contributed by atoms with Crippen molar-refractivity contribution in [3.8, 4) is 5.75 Å². The summed E-state index contributed by atoms with van der Waals surface area (Å²) in [6.45, 7) is 8.09. The molecule has 16 heavy (non-hydrogen) atoms. The van der Waals surface area contributed by atoms with Gasteiger partial charge in [0.2, 0.25) is 8.32 Å². The zero-order chi connectivity index (χ0) is 12.3. The Hall–Kier alpha value is -0.803. The lowest BCUT2D eigenvalue weighted by atomic mass is 10.1. The first kappa shape index (κ1) is 13.3. The van der Waals surface area contributed by atoms with Gasteiger partial charge in [-0.05, 0) is 37.8 Å². The van der Waals surface area contributed by atoms with Gasteiger partial charge < -0.3 is 4.43 Å². The topological polar surface area (TPSA) is 26.3 Å². The fourth-order valence-corrected chi connectivity index (χ4v) is 2.34. The number of hydrogen-bond donors (Lipinski definition) is 0. The van der Waals surface area contributed by atoms with Crippen molar-refractivity contribution >= 4 is 25.7 Å². The molecule has 1 aromatic rings. The maximum atomic E-state index is 11.7. The fraction of sp³-hybridized carbons (Fsp3) is 0.417. The number of halogens is 1. The first-order valence-corrected chi connectivity index (χ1v) is 9.14.